The Kier molecular flexibility index (Phi) is 4.75. The topological polar surface area (TPSA) is 89.1 Å². The minimum atomic E-state index is -0.0851. The van der Waals surface area contributed by atoms with Gasteiger partial charge in [-0.2, -0.15) is 10.1 Å². The molecule has 0 saturated carbocycles. The lowest BCUT2D eigenvalue weighted by Gasteiger charge is -2.30. The zero-order valence-corrected chi connectivity index (χ0v) is 14.9. The van der Waals surface area contributed by atoms with Crippen molar-refractivity contribution in [1.82, 2.24) is 25.1 Å². The fraction of sp³-hybridized carbons (Fsp3) is 0.412. The summed E-state index contributed by atoms with van der Waals surface area (Å²) < 4.78 is 7.52. The van der Waals surface area contributed by atoms with Crippen LogP contribution in [0.25, 0.3) is 11.1 Å². The van der Waals surface area contributed by atoms with E-state index in [1.54, 1.807) is 23.1 Å². The summed E-state index contributed by atoms with van der Waals surface area (Å²) in [7, 11) is 0. The Morgan fingerprint density at radius 2 is 2.35 bits per heavy atom. The average molecular weight is 375 g/mol. The standard InChI is InChI=1S/C17H19ClN6O2/c18-13-3-4-15-14(8-13)22-17(26-15)23-6-1-2-12(9-23)16(25)20-5-7-24-11-19-10-21-24/h3-4,8,10-12H,1-2,5-7,9H2,(H,20,25). The molecule has 1 N–H and O–H groups in total. The average Bonchev–Trinajstić information content (AvgIpc) is 3.31. The first-order valence-corrected chi connectivity index (χ1v) is 8.98. The molecule has 1 aliphatic rings. The second-order valence-corrected chi connectivity index (χ2v) is 6.78. The number of carbonyl (C=O) groups is 1. The van der Waals surface area contributed by atoms with E-state index in [1.165, 1.54) is 6.33 Å². The molecule has 0 radical (unpaired) electrons. The van der Waals surface area contributed by atoms with E-state index in [2.05, 4.69) is 20.4 Å². The molecule has 1 fully saturated rings. The van der Waals surface area contributed by atoms with E-state index in [0.29, 0.717) is 36.3 Å². The second-order valence-electron chi connectivity index (χ2n) is 6.34. The fourth-order valence-corrected chi connectivity index (χ4v) is 3.34. The number of hydrogen-bond donors (Lipinski definition) is 1. The van der Waals surface area contributed by atoms with E-state index in [4.69, 9.17) is 16.0 Å². The van der Waals surface area contributed by atoms with Crippen LogP contribution in [0.3, 0.4) is 0 Å². The number of hydrogen-bond acceptors (Lipinski definition) is 6. The number of rotatable bonds is 5. The highest BCUT2D eigenvalue weighted by atomic mass is 35.5. The Balaban J connectivity index is 1.37. The van der Waals surface area contributed by atoms with Crippen molar-refractivity contribution in [3.63, 3.8) is 0 Å². The van der Waals surface area contributed by atoms with E-state index < -0.39 is 0 Å². The number of amides is 1. The minimum absolute atomic E-state index is 0.0500. The number of piperidine rings is 1. The molecule has 136 valence electrons. The van der Waals surface area contributed by atoms with Gasteiger partial charge in [-0.1, -0.05) is 11.6 Å². The SMILES string of the molecule is O=C(NCCn1cncn1)C1CCCN(c2nc3cc(Cl)ccc3o2)C1. The third-order valence-electron chi connectivity index (χ3n) is 4.51. The van der Waals surface area contributed by atoms with E-state index in [1.807, 2.05) is 11.0 Å². The summed E-state index contributed by atoms with van der Waals surface area (Å²) in [5.41, 5.74) is 1.43. The van der Waals surface area contributed by atoms with Crippen LogP contribution in [0.5, 0.6) is 0 Å². The van der Waals surface area contributed by atoms with E-state index in [9.17, 15) is 4.79 Å². The van der Waals surface area contributed by atoms with Crippen molar-refractivity contribution in [2.75, 3.05) is 24.5 Å². The number of nitrogens with one attached hydrogen (secondary N) is 1. The summed E-state index contributed by atoms with van der Waals surface area (Å²) in [5.74, 6) is -0.0351. The molecule has 9 heteroatoms. The highest BCUT2D eigenvalue weighted by Gasteiger charge is 2.28. The van der Waals surface area contributed by atoms with Crippen molar-refractivity contribution in [1.29, 1.82) is 0 Å². The molecule has 0 spiro atoms. The first-order valence-electron chi connectivity index (χ1n) is 8.60. The van der Waals surface area contributed by atoms with Gasteiger partial charge in [0.05, 0.1) is 12.5 Å². The molecule has 1 unspecified atom stereocenters. The summed E-state index contributed by atoms with van der Waals surface area (Å²) in [5, 5.41) is 7.62. The Hall–Kier alpha value is -2.61. The van der Waals surface area contributed by atoms with Gasteiger partial charge in [-0.3, -0.25) is 9.48 Å². The van der Waals surface area contributed by atoms with Crippen LogP contribution in [-0.2, 0) is 11.3 Å². The molecular weight excluding hydrogens is 356 g/mol. The summed E-state index contributed by atoms with van der Waals surface area (Å²) in [6.45, 7) is 2.55. The number of carbonyl (C=O) groups excluding carboxylic acids is 1. The Morgan fingerprint density at radius 3 is 3.19 bits per heavy atom. The van der Waals surface area contributed by atoms with Gasteiger partial charge in [0, 0.05) is 24.7 Å². The first kappa shape index (κ1) is 16.8. The number of anilines is 1. The number of benzene rings is 1. The van der Waals surface area contributed by atoms with Gasteiger partial charge in [0.25, 0.3) is 6.01 Å². The van der Waals surface area contributed by atoms with Gasteiger partial charge in [0.1, 0.15) is 18.2 Å². The summed E-state index contributed by atoms with van der Waals surface area (Å²) >= 11 is 6.01. The van der Waals surface area contributed by atoms with Gasteiger partial charge in [0.15, 0.2) is 5.58 Å². The van der Waals surface area contributed by atoms with Crippen LogP contribution in [0.4, 0.5) is 6.01 Å². The van der Waals surface area contributed by atoms with Gasteiger partial charge >= 0.3 is 0 Å². The third-order valence-corrected chi connectivity index (χ3v) is 4.74. The lowest BCUT2D eigenvalue weighted by Crippen LogP contribution is -2.43. The van der Waals surface area contributed by atoms with Crippen molar-refractivity contribution in [2.24, 2.45) is 5.92 Å². The van der Waals surface area contributed by atoms with Crippen molar-refractivity contribution in [2.45, 2.75) is 19.4 Å². The van der Waals surface area contributed by atoms with Gasteiger partial charge in [0.2, 0.25) is 5.91 Å². The molecule has 1 amide bonds. The van der Waals surface area contributed by atoms with Crippen LogP contribution < -0.4 is 10.2 Å². The Bertz CT molecular complexity index is 894. The van der Waals surface area contributed by atoms with Crippen LogP contribution in [0.1, 0.15) is 12.8 Å². The maximum atomic E-state index is 12.5. The molecule has 26 heavy (non-hydrogen) atoms. The number of oxazole rings is 1. The van der Waals surface area contributed by atoms with E-state index in [0.717, 1.165) is 24.9 Å². The molecule has 1 saturated heterocycles. The van der Waals surface area contributed by atoms with Gasteiger partial charge in [-0.05, 0) is 31.0 Å². The zero-order valence-electron chi connectivity index (χ0n) is 14.1. The normalized spacial score (nSPS) is 17.6. The molecule has 3 heterocycles. The number of halogens is 1. The fourth-order valence-electron chi connectivity index (χ4n) is 3.17. The largest absolute Gasteiger partial charge is 0.423 e. The quantitative estimate of drug-likeness (QED) is 0.735. The molecule has 0 bridgehead atoms. The smallest absolute Gasteiger partial charge is 0.298 e. The molecule has 0 aliphatic carbocycles. The first-order chi connectivity index (χ1) is 12.7. The lowest BCUT2D eigenvalue weighted by molar-refractivity contribution is -0.125. The molecule has 3 aromatic rings. The number of aromatic nitrogens is 4. The highest BCUT2D eigenvalue weighted by molar-refractivity contribution is 6.31. The van der Waals surface area contributed by atoms with Crippen LogP contribution in [0.2, 0.25) is 5.02 Å². The van der Waals surface area contributed by atoms with E-state index >= 15 is 0 Å². The summed E-state index contributed by atoms with van der Waals surface area (Å²) in [6, 6.07) is 5.91. The maximum Gasteiger partial charge on any atom is 0.298 e. The predicted octanol–water partition coefficient (Wildman–Crippen LogP) is 2.11. The summed E-state index contributed by atoms with van der Waals surface area (Å²) in [4.78, 5) is 22.9. The molecule has 1 aliphatic heterocycles. The van der Waals surface area contributed by atoms with Crippen LogP contribution >= 0.6 is 11.6 Å². The predicted molar refractivity (Wildman–Crippen MR) is 97.0 cm³/mol. The summed E-state index contributed by atoms with van der Waals surface area (Å²) in [6.07, 6.45) is 4.89. The lowest BCUT2D eigenvalue weighted by atomic mass is 9.97. The van der Waals surface area contributed by atoms with Gasteiger partial charge < -0.3 is 14.6 Å². The monoisotopic (exact) mass is 374 g/mol. The van der Waals surface area contributed by atoms with Crippen molar-refractivity contribution >= 4 is 34.6 Å². The van der Waals surface area contributed by atoms with E-state index in [-0.39, 0.29) is 11.8 Å². The van der Waals surface area contributed by atoms with Crippen LogP contribution in [0, 0.1) is 5.92 Å². The Labute approximate surface area is 155 Å². The third kappa shape index (κ3) is 3.65. The minimum Gasteiger partial charge on any atom is -0.423 e. The van der Waals surface area contributed by atoms with Crippen molar-refractivity contribution < 1.29 is 9.21 Å². The molecular formula is C17H19ClN6O2. The Morgan fingerprint density at radius 1 is 1.42 bits per heavy atom. The molecule has 2 aromatic heterocycles. The second kappa shape index (κ2) is 7.33. The number of fused-ring (bicyclic) bond motifs is 1. The zero-order chi connectivity index (χ0) is 17.9. The van der Waals surface area contributed by atoms with Gasteiger partial charge in [-0.15, -0.1) is 0 Å². The highest BCUT2D eigenvalue weighted by Crippen LogP contribution is 2.27. The van der Waals surface area contributed by atoms with Gasteiger partial charge in [-0.25, -0.2) is 4.98 Å². The number of nitrogens with zero attached hydrogens (tertiary/aromatic N) is 5. The maximum absolute atomic E-state index is 12.5. The molecule has 1 atom stereocenters. The molecule has 8 nitrogen and oxygen atoms in total. The molecule has 1 aromatic carbocycles. The van der Waals surface area contributed by atoms with Crippen molar-refractivity contribution in [3.05, 3.63) is 35.9 Å². The van der Waals surface area contributed by atoms with Crippen molar-refractivity contribution in [3.8, 4) is 0 Å². The van der Waals surface area contributed by atoms with Crippen LogP contribution in [-0.4, -0.2) is 45.3 Å². The molecule has 4 rings (SSSR count). The van der Waals surface area contributed by atoms with Crippen LogP contribution in [0.15, 0.2) is 35.3 Å².